The normalized spacial score (nSPS) is 16.6. The molecule has 1 saturated heterocycles. The summed E-state index contributed by atoms with van der Waals surface area (Å²) in [5.41, 5.74) is 6.33. The minimum absolute atomic E-state index is 0.208. The van der Waals surface area contributed by atoms with E-state index in [2.05, 4.69) is 0 Å². The van der Waals surface area contributed by atoms with Crippen LogP contribution in [0.2, 0.25) is 0 Å². The van der Waals surface area contributed by atoms with Gasteiger partial charge < -0.3 is 25.7 Å². The average Bonchev–Trinajstić information content (AvgIpc) is 2.46. The number of carbonyl (C=O) groups excluding carboxylic acids is 1. The van der Waals surface area contributed by atoms with Gasteiger partial charge in [0, 0.05) is 26.2 Å². The van der Waals surface area contributed by atoms with E-state index >= 15 is 0 Å². The largest absolute Gasteiger partial charge is 0.506 e. The number of carbonyl (C=O) groups is 2. The summed E-state index contributed by atoms with van der Waals surface area (Å²) in [6.07, 6.45) is -0.363. The second-order valence-corrected chi connectivity index (χ2v) is 5.01. The zero-order valence-electron chi connectivity index (χ0n) is 11.6. The number of carboxylic acids is 1. The summed E-state index contributed by atoms with van der Waals surface area (Å²) in [6.45, 7) is 2.06. The fourth-order valence-electron chi connectivity index (χ4n) is 2.41. The Kier molecular flexibility index (Phi) is 4.64. The van der Waals surface area contributed by atoms with Gasteiger partial charge in [-0.15, -0.1) is 0 Å². The van der Waals surface area contributed by atoms with Crippen LogP contribution >= 0.6 is 0 Å². The van der Waals surface area contributed by atoms with Crippen LogP contribution in [-0.4, -0.2) is 59.2 Å². The Labute approximate surface area is 122 Å². The Morgan fingerprint density at radius 1 is 1.19 bits per heavy atom. The van der Waals surface area contributed by atoms with E-state index in [1.54, 1.807) is 17.0 Å². The molecule has 0 aliphatic carbocycles. The van der Waals surface area contributed by atoms with Crippen molar-refractivity contribution in [2.75, 3.05) is 31.1 Å². The first-order valence-electron chi connectivity index (χ1n) is 6.78. The monoisotopic (exact) mass is 293 g/mol. The maximum atomic E-state index is 12.0. The van der Waals surface area contributed by atoms with Crippen LogP contribution in [0.3, 0.4) is 0 Å². The summed E-state index contributed by atoms with van der Waals surface area (Å²) in [5, 5.41) is 18.5. The molecule has 0 spiro atoms. The minimum atomic E-state index is -1.08. The Hall–Kier alpha value is -2.28. The van der Waals surface area contributed by atoms with E-state index in [-0.39, 0.29) is 18.1 Å². The van der Waals surface area contributed by atoms with Gasteiger partial charge in [0.2, 0.25) is 5.91 Å². The van der Waals surface area contributed by atoms with Gasteiger partial charge in [-0.3, -0.25) is 9.59 Å². The lowest BCUT2D eigenvalue weighted by Crippen LogP contribution is -2.53. The highest BCUT2D eigenvalue weighted by Crippen LogP contribution is 2.27. The van der Waals surface area contributed by atoms with Crippen molar-refractivity contribution in [1.29, 1.82) is 0 Å². The molecule has 7 nitrogen and oxygen atoms in total. The number of aromatic hydroxyl groups is 1. The van der Waals surface area contributed by atoms with E-state index in [0.717, 1.165) is 5.69 Å². The van der Waals surface area contributed by atoms with Crippen LogP contribution in [0, 0.1) is 0 Å². The number of hydrogen-bond donors (Lipinski definition) is 3. The van der Waals surface area contributed by atoms with Gasteiger partial charge in [0.15, 0.2) is 0 Å². The molecule has 1 aliphatic heterocycles. The number of phenols is 1. The average molecular weight is 293 g/mol. The molecule has 1 unspecified atom stereocenters. The van der Waals surface area contributed by atoms with Crippen molar-refractivity contribution in [3.8, 4) is 5.75 Å². The second kappa shape index (κ2) is 6.45. The highest BCUT2D eigenvalue weighted by Gasteiger charge is 2.27. The van der Waals surface area contributed by atoms with Gasteiger partial charge >= 0.3 is 5.97 Å². The molecule has 1 aliphatic rings. The van der Waals surface area contributed by atoms with Crippen molar-refractivity contribution in [3.63, 3.8) is 0 Å². The topological polar surface area (TPSA) is 107 Å². The molecule has 1 aromatic carbocycles. The van der Waals surface area contributed by atoms with Gasteiger partial charge in [-0.2, -0.15) is 0 Å². The predicted molar refractivity (Wildman–Crippen MR) is 77.1 cm³/mol. The van der Waals surface area contributed by atoms with E-state index in [0.29, 0.717) is 26.2 Å². The zero-order valence-corrected chi connectivity index (χ0v) is 11.6. The van der Waals surface area contributed by atoms with Gasteiger partial charge in [-0.1, -0.05) is 12.1 Å². The molecular formula is C14H19N3O4. The third-order valence-electron chi connectivity index (χ3n) is 3.53. The molecule has 0 radical (unpaired) electrons. The van der Waals surface area contributed by atoms with Crippen molar-refractivity contribution in [3.05, 3.63) is 24.3 Å². The number of para-hydroxylation sites is 2. The lowest BCUT2D eigenvalue weighted by molar-refractivity contribution is -0.142. The van der Waals surface area contributed by atoms with Gasteiger partial charge in [0.1, 0.15) is 5.75 Å². The van der Waals surface area contributed by atoms with Crippen LogP contribution in [0.4, 0.5) is 5.69 Å². The van der Waals surface area contributed by atoms with E-state index in [1.165, 1.54) is 0 Å². The maximum Gasteiger partial charge on any atom is 0.305 e. The number of phenolic OH excluding ortho intramolecular Hbond substituents is 1. The standard InChI is InChI=1S/C14H19N3O4/c15-10(9-13(19)20)14(21)17-7-5-16(6-8-17)11-3-1-2-4-12(11)18/h1-4,10,18H,5-9,15H2,(H,19,20). The SMILES string of the molecule is NC(CC(=O)O)C(=O)N1CCN(c2ccccc2O)CC1. The number of rotatable bonds is 4. The Bertz CT molecular complexity index is 527. The number of nitrogens with zero attached hydrogens (tertiary/aromatic N) is 2. The molecule has 0 aromatic heterocycles. The summed E-state index contributed by atoms with van der Waals surface area (Å²) in [7, 11) is 0. The fraction of sp³-hybridized carbons (Fsp3) is 0.429. The molecule has 0 saturated carbocycles. The zero-order chi connectivity index (χ0) is 15.4. The Balaban J connectivity index is 1.93. The number of anilines is 1. The van der Waals surface area contributed by atoms with Crippen LogP contribution in [0.1, 0.15) is 6.42 Å². The van der Waals surface area contributed by atoms with Crippen LogP contribution in [0.15, 0.2) is 24.3 Å². The van der Waals surface area contributed by atoms with Gasteiger partial charge in [-0.25, -0.2) is 0 Å². The smallest absolute Gasteiger partial charge is 0.305 e. The number of amides is 1. The Morgan fingerprint density at radius 3 is 2.38 bits per heavy atom. The molecule has 7 heteroatoms. The first-order valence-corrected chi connectivity index (χ1v) is 6.78. The number of piperazine rings is 1. The second-order valence-electron chi connectivity index (χ2n) is 5.01. The van der Waals surface area contributed by atoms with E-state index < -0.39 is 12.0 Å². The summed E-state index contributed by atoms with van der Waals surface area (Å²) in [6, 6.07) is 6.04. The molecule has 2 rings (SSSR count). The van der Waals surface area contributed by atoms with Crippen LogP contribution < -0.4 is 10.6 Å². The van der Waals surface area contributed by atoms with Crippen molar-refractivity contribution in [1.82, 2.24) is 4.90 Å². The summed E-state index contributed by atoms with van der Waals surface area (Å²) >= 11 is 0. The first-order chi connectivity index (χ1) is 9.99. The summed E-state index contributed by atoms with van der Waals surface area (Å²) in [4.78, 5) is 26.2. The predicted octanol–water partition coefficient (Wildman–Crippen LogP) is -0.157. The van der Waals surface area contributed by atoms with Crippen molar-refractivity contribution in [2.45, 2.75) is 12.5 Å². The highest BCUT2D eigenvalue weighted by atomic mass is 16.4. The number of carboxylic acid groups (broad SMARTS) is 1. The van der Waals surface area contributed by atoms with E-state index in [9.17, 15) is 14.7 Å². The van der Waals surface area contributed by atoms with Gasteiger partial charge in [-0.05, 0) is 12.1 Å². The van der Waals surface area contributed by atoms with Crippen LogP contribution in [0.25, 0.3) is 0 Å². The molecule has 1 heterocycles. The molecule has 1 atom stereocenters. The molecule has 114 valence electrons. The van der Waals surface area contributed by atoms with Gasteiger partial charge in [0.05, 0.1) is 18.2 Å². The molecule has 0 bridgehead atoms. The van der Waals surface area contributed by atoms with Crippen LogP contribution in [-0.2, 0) is 9.59 Å². The molecular weight excluding hydrogens is 274 g/mol. The molecule has 4 N–H and O–H groups in total. The third-order valence-corrected chi connectivity index (χ3v) is 3.53. The number of nitrogens with two attached hydrogens (primary N) is 1. The molecule has 1 fully saturated rings. The molecule has 1 amide bonds. The molecule has 21 heavy (non-hydrogen) atoms. The van der Waals surface area contributed by atoms with Crippen molar-refractivity contribution < 1.29 is 19.8 Å². The van der Waals surface area contributed by atoms with Gasteiger partial charge in [0.25, 0.3) is 0 Å². The highest BCUT2D eigenvalue weighted by molar-refractivity contribution is 5.86. The fourth-order valence-corrected chi connectivity index (χ4v) is 2.41. The quantitative estimate of drug-likeness (QED) is 0.712. The number of aliphatic carboxylic acids is 1. The van der Waals surface area contributed by atoms with Crippen LogP contribution in [0.5, 0.6) is 5.75 Å². The number of benzene rings is 1. The lowest BCUT2D eigenvalue weighted by atomic mass is 10.1. The minimum Gasteiger partial charge on any atom is -0.506 e. The lowest BCUT2D eigenvalue weighted by Gasteiger charge is -2.37. The maximum absolute atomic E-state index is 12.0. The molecule has 1 aromatic rings. The summed E-state index contributed by atoms with van der Waals surface area (Å²) in [5.74, 6) is -1.21. The van der Waals surface area contributed by atoms with Crippen molar-refractivity contribution >= 4 is 17.6 Å². The summed E-state index contributed by atoms with van der Waals surface area (Å²) < 4.78 is 0. The number of hydrogen-bond acceptors (Lipinski definition) is 5. The van der Waals surface area contributed by atoms with Crippen molar-refractivity contribution in [2.24, 2.45) is 5.73 Å². The third kappa shape index (κ3) is 3.63. The van der Waals surface area contributed by atoms with E-state index in [4.69, 9.17) is 10.8 Å². The first kappa shape index (κ1) is 15.1. The van der Waals surface area contributed by atoms with E-state index in [1.807, 2.05) is 17.0 Å². The Morgan fingerprint density at radius 2 is 1.81 bits per heavy atom.